The molecular formula is C27H22ClNO4. The summed E-state index contributed by atoms with van der Waals surface area (Å²) in [6, 6.07) is 22.1. The van der Waals surface area contributed by atoms with E-state index in [2.05, 4.69) is 4.98 Å². The van der Waals surface area contributed by atoms with E-state index < -0.39 is 5.97 Å². The number of aliphatic carboxylic acids is 1. The second-order valence-electron chi connectivity index (χ2n) is 7.73. The van der Waals surface area contributed by atoms with Crippen LogP contribution in [0.5, 0.6) is 11.6 Å². The second-order valence-corrected chi connectivity index (χ2v) is 8.17. The largest absolute Gasteiger partial charge is 0.481 e. The van der Waals surface area contributed by atoms with Crippen LogP contribution < -0.4 is 4.74 Å². The van der Waals surface area contributed by atoms with Crippen LogP contribution in [0, 0.1) is 0 Å². The Morgan fingerprint density at radius 2 is 1.61 bits per heavy atom. The van der Waals surface area contributed by atoms with Crippen molar-refractivity contribution in [2.45, 2.75) is 25.7 Å². The highest BCUT2D eigenvalue weighted by molar-refractivity contribution is 6.30. The molecule has 1 aromatic heterocycles. The molecule has 0 saturated heterocycles. The number of carboxylic acids is 1. The Morgan fingerprint density at radius 1 is 0.909 bits per heavy atom. The Morgan fingerprint density at radius 3 is 2.30 bits per heavy atom. The number of fused-ring (bicyclic) bond motifs is 1. The number of rotatable bonds is 9. The highest BCUT2D eigenvalue weighted by Gasteiger charge is 2.12. The van der Waals surface area contributed by atoms with Gasteiger partial charge in [0, 0.05) is 28.6 Å². The van der Waals surface area contributed by atoms with Crippen LogP contribution in [-0.2, 0) is 17.6 Å². The van der Waals surface area contributed by atoms with Crippen LogP contribution in [0.2, 0.25) is 5.02 Å². The summed E-state index contributed by atoms with van der Waals surface area (Å²) >= 11 is 5.90. The lowest BCUT2D eigenvalue weighted by atomic mass is 10.0. The van der Waals surface area contributed by atoms with E-state index in [9.17, 15) is 9.59 Å². The van der Waals surface area contributed by atoms with E-state index in [0.717, 1.165) is 29.2 Å². The predicted molar refractivity (Wildman–Crippen MR) is 128 cm³/mol. The molecule has 0 bridgehead atoms. The molecule has 3 aromatic carbocycles. The van der Waals surface area contributed by atoms with Gasteiger partial charge < -0.3 is 9.84 Å². The van der Waals surface area contributed by atoms with E-state index in [0.29, 0.717) is 34.2 Å². The molecule has 0 aliphatic heterocycles. The monoisotopic (exact) mass is 459 g/mol. The van der Waals surface area contributed by atoms with Crippen LogP contribution in [0.15, 0.2) is 79.0 Å². The number of Topliss-reactive ketones (excluding diaryl/α,β-unsaturated/α-hetero) is 1. The van der Waals surface area contributed by atoms with Gasteiger partial charge in [-0.05, 0) is 71.8 Å². The number of carboxylic acid groups (broad SMARTS) is 1. The van der Waals surface area contributed by atoms with Crippen LogP contribution >= 0.6 is 11.6 Å². The van der Waals surface area contributed by atoms with Crippen LogP contribution in [0.25, 0.3) is 10.8 Å². The van der Waals surface area contributed by atoms with E-state index in [-0.39, 0.29) is 12.2 Å². The summed E-state index contributed by atoms with van der Waals surface area (Å²) in [6.07, 6.45) is 3.46. The molecule has 0 saturated carbocycles. The fourth-order valence-corrected chi connectivity index (χ4v) is 3.81. The zero-order chi connectivity index (χ0) is 23.2. The molecule has 4 rings (SSSR count). The smallest absolute Gasteiger partial charge is 0.307 e. The standard InChI is InChI=1S/C27H22ClNO4/c28-21-12-8-18(9-13-21)4-3-7-25(30)19-10-14-22(15-11-19)33-27-24-6-2-1-5-23(24)20(17-29-27)16-26(31)32/h1-2,5-6,8-15,17H,3-4,7,16H2,(H,31,32). The van der Waals surface area contributed by atoms with E-state index >= 15 is 0 Å². The van der Waals surface area contributed by atoms with Gasteiger partial charge in [-0.2, -0.15) is 0 Å². The minimum atomic E-state index is -0.913. The van der Waals surface area contributed by atoms with E-state index in [1.54, 1.807) is 24.3 Å². The minimum Gasteiger partial charge on any atom is -0.481 e. The van der Waals surface area contributed by atoms with Crippen molar-refractivity contribution in [2.24, 2.45) is 0 Å². The Bertz CT molecular complexity index is 1280. The average Bonchev–Trinajstić information content (AvgIpc) is 2.82. The summed E-state index contributed by atoms with van der Waals surface area (Å²) in [7, 11) is 0. The number of hydrogen-bond acceptors (Lipinski definition) is 4. The fourth-order valence-electron chi connectivity index (χ4n) is 3.68. The Hall–Kier alpha value is -3.70. The van der Waals surface area contributed by atoms with Gasteiger partial charge >= 0.3 is 5.97 Å². The number of carbonyl (C=O) groups excluding carboxylic acids is 1. The van der Waals surface area contributed by atoms with Gasteiger partial charge in [0.2, 0.25) is 5.88 Å². The molecule has 0 atom stereocenters. The number of hydrogen-bond donors (Lipinski definition) is 1. The minimum absolute atomic E-state index is 0.0807. The molecule has 0 spiro atoms. The number of ketones is 1. The SMILES string of the molecule is O=C(O)Cc1cnc(Oc2ccc(C(=O)CCCc3ccc(Cl)cc3)cc2)c2ccccc12. The summed E-state index contributed by atoms with van der Waals surface area (Å²) in [5.41, 5.74) is 2.42. The third kappa shape index (κ3) is 5.76. The quantitative estimate of drug-likeness (QED) is 0.288. The van der Waals surface area contributed by atoms with Crippen molar-refractivity contribution in [3.8, 4) is 11.6 Å². The molecule has 166 valence electrons. The zero-order valence-corrected chi connectivity index (χ0v) is 18.6. The molecule has 0 amide bonds. The third-order valence-electron chi connectivity index (χ3n) is 5.36. The molecule has 33 heavy (non-hydrogen) atoms. The van der Waals surface area contributed by atoms with Gasteiger partial charge in [-0.3, -0.25) is 9.59 Å². The number of benzene rings is 3. The number of aryl methyl sites for hydroxylation is 1. The maximum atomic E-state index is 12.5. The molecular weight excluding hydrogens is 438 g/mol. The van der Waals surface area contributed by atoms with Gasteiger partial charge in [0.15, 0.2) is 5.78 Å². The third-order valence-corrected chi connectivity index (χ3v) is 5.61. The first-order valence-corrected chi connectivity index (χ1v) is 11.0. The highest BCUT2D eigenvalue weighted by Crippen LogP contribution is 2.30. The summed E-state index contributed by atoms with van der Waals surface area (Å²) < 4.78 is 5.95. The molecule has 0 aliphatic rings. The number of ether oxygens (including phenoxy) is 1. The van der Waals surface area contributed by atoms with Crippen LogP contribution in [-0.4, -0.2) is 21.8 Å². The Balaban J connectivity index is 1.41. The average molecular weight is 460 g/mol. The Labute approximate surface area is 196 Å². The maximum Gasteiger partial charge on any atom is 0.307 e. The first-order valence-electron chi connectivity index (χ1n) is 10.6. The lowest BCUT2D eigenvalue weighted by Gasteiger charge is -2.11. The lowest BCUT2D eigenvalue weighted by molar-refractivity contribution is -0.136. The van der Waals surface area contributed by atoms with Crippen molar-refractivity contribution in [3.05, 3.63) is 101 Å². The number of aromatic nitrogens is 1. The zero-order valence-electron chi connectivity index (χ0n) is 17.8. The fraction of sp³-hybridized carbons (Fsp3) is 0.148. The number of pyridine rings is 1. The van der Waals surface area contributed by atoms with Crippen molar-refractivity contribution < 1.29 is 19.4 Å². The number of halogens is 1. The van der Waals surface area contributed by atoms with Gasteiger partial charge in [0.05, 0.1) is 6.42 Å². The van der Waals surface area contributed by atoms with E-state index in [1.807, 2.05) is 48.5 Å². The molecule has 1 N–H and O–H groups in total. The van der Waals surface area contributed by atoms with Crippen LogP contribution in [0.4, 0.5) is 0 Å². The second kappa shape index (κ2) is 10.3. The lowest BCUT2D eigenvalue weighted by Crippen LogP contribution is -2.02. The van der Waals surface area contributed by atoms with Crippen molar-refractivity contribution in [2.75, 3.05) is 0 Å². The number of nitrogens with zero attached hydrogens (tertiary/aromatic N) is 1. The van der Waals surface area contributed by atoms with Gasteiger partial charge in [-0.25, -0.2) is 4.98 Å². The first kappa shape index (κ1) is 22.5. The van der Waals surface area contributed by atoms with Crippen molar-refractivity contribution in [1.82, 2.24) is 4.98 Å². The van der Waals surface area contributed by atoms with Gasteiger partial charge in [0.25, 0.3) is 0 Å². The Kier molecular flexibility index (Phi) is 7.01. The van der Waals surface area contributed by atoms with Crippen LogP contribution in [0.3, 0.4) is 0 Å². The summed E-state index contributed by atoms with van der Waals surface area (Å²) in [5, 5.41) is 11.4. The number of carbonyl (C=O) groups is 2. The van der Waals surface area contributed by atoms with Gasteiger partial charge in [0.1, 0.15) is 5.75 Å². The van der Waals surface area contributed by atoms with Crippen molar-refractivity contribution in [3.63, 3.8) is 0 Å². The van der Waals surface area contributed by atoms with Crippen LogP contribution in [0.1, 0.15) is 34.3 Å². The molecule has 0 fully saturated rings. The van der Waals surface area contributed by atoms with Gasteiger partial charge in [-0.1, -0.05) is 41.9 Å². The molecule has 5 nitrogen and oxygen atoms in total. The highest BCUT2D eigenvalue weighted by atomic mass is 35.5. The molecule has 1 heterocycles. The van der Waals surface area contributed by atoms with Crippen molar-refractivity contribution in [1.29, 1.82) is 0 Å². The molecule has 6 heteroatoms. The molecule has 0 unspecified atom stereocenters. The topological polar surface area (TPSA) is 76.5 Å². The predicted octanol–water partition coefficient (Wildman–Crippen LogP) is 6.51. The van der Waals surface area contributed by atoms with E-state index in [4.69, 9.17) is 21.4 Å². The molecule has 0 radical (unpaired) electrons. The maximum absolute atomic E-state index is 12.5. The normalized spacial score (nSPS) is 10.8. The van der Waals surface area contributed by atoms with E-state index in [1.165, 1.54) is 6.20 Å². The first-order chi connectivity index (χ1) is 16.0. The molecule has 0 aliphatic carbocycles. The summed E-state index contributed by atoms with van der Waals surface area (Å²) in [4.78, 5) is 28.0. The summed E-state index contributed by atoms with van der Waals surface area (Å²) in [6.45, 7) is 0. The molecule has 4 aromatic rings. The summed E-state index contributed by atoms with van der Waals surface area (Å²) in [5.74, 6) is 0.110. The van der Waals surface area contributed by atoms with Crippen molar-refractivity contribution >= 4 is 34.1 Å². The van der Waals surface area contributed by atoms with Gasteiger partial charge in [-0.15, -0.1) is 0 Å².